The summed E-state index contributed by atoms with van der Waals surface area (Å²) in [6.07, 6.45) is 1.82. The van der Waals surface area contributed by atoms with Crippen molar-refractivity contribution in [2.75, 3.05) is 6.54 Å². The topological polar surface area (TPSA) is 55.1 Å². The van der Waals surface area contributed by atoms with E-state index in [4.69, 9.17) is 5.73 Å². The van der Waals surface area contributed by atoms with Crippen LogP contribution in [0.2, 0.25) is 0 Å². The van der Waals surface area contributed by atoms with Crippen LogP contribution >= 0.6 is 0 Å². The first-order chi connectivity index (χ1) is 8.62. The number of hydrogen-bond acceptors (Lipinski definition) is 2. The highest BCUT2D eigenvalue weighted by Crippen LogP contribution is 2.14. The standard InChI is InChI=1S/C15H24N2O/c1-4-12-6-8-14(9-7-12)11(3)17-15(18)13(5-2)10-16/h6-9,11,13H,4-5,10,16H2,1-3H3,(H,17,18). The molecule has 0 radical (unpaired) electrons. The fraction of sp³-hybridized carbons (Fsp3) is 0.533. The Morgan fingerprint density at radius 2 is 1.89 bits per heavy atom. The molecular weight excluding hydrogens is 224 g/mol. The van der Waals surface area contributed by atoms with E-state index in [2.05, 4.69) is 36.5 Å². The Morgan fingerprint density at radius 1 is 1.28 bits per heavy atom. The number of nitrogens with two attached hydrogens (primary N) is 1. The summed E-state index contributed by atoms with van der Waals surface area (Å²) in [5, 5.41) is 3.02. The number of aryl methyl sites for hydroxylation is 1. The second-order valence-electron chi connectivity index (χ2n) is 4.67. The van der Waals surface area contributed by atoms with Gasteiger partial charge in [-0.05, 0) is 30.9 Å². The van der Waals surface area contributed by atoms with Gasteiger partial charge in [-0.25, -0.2) is 0 Å². The molecule has 0 heterocycles. The first-order valence-electron chi connectivity index (χ1n) is 6.71. The predicted octanol–water partition coefficient (Wildman–Crippen LogP) is 2.41. The second-order valence-corrected chi connectivity index (χ2v) is 4.67. The normalized spacial score (nSPS) is 14.0. The summed E-state index contributed by atoms with van der Waals surface area (Å²) < 4.78 is 0. The maximum Gasteiger partial charge on any atom is 0.224 e. The third-order valence-electron chi connectivity index (χ3n) is 3.39. The highest BCUT2D eigenvalue weighted by molar-refractivity contribution is 5.79. The average molecular weight is 248 g/mol. The minimum atomic E-state index is -0.0811. The molecule has 100 valence electrons. The number of carbonyl (C=O) groups is 1. The summed E-state index contributed by atoms with van der Waals surface area (Å²) in [7, 11) is 0. The fourth-order valence-electron chi connectivity index (χ4n) is 1.92. The first-order valence-corrected chi connectivity index (χ1v) is 6.71. The molecule has 2 atom stereocenters. The lowest BCUT2D eigenvalue weighted by atomic mass is 10.0. The van der Waals surface area contributed by atoms with Gasteiger partial charge in [-0.15, -0.1) is 0 Å². The molecule has 0 aromatic heterocycles. The third kappa shape index (κ3) is 3.84. The quantitative estimate of drug-likeness (QED) is 0.812. The van der Waals surface area contributed by atoms with Gasteiger partial charge >= 0.3 is 0 Å². The van der Waals surface area contributed by atoms with Gasteiger partial charge in [0.15, 0.2) is 0 Å². The number of carbonyl (C=O) groups excluding carboxylic acids is 1. The van der Waals surface area contributed by atoms with Crippen molar-refractivity contribution in [3.63, 3.8) is 0 Å². The lowest BCUT2D eigenvalue weighted by Gasteiger charge is -2.18. The van der Waals surface area contributed by atoms with Crippen molar-refractivity contribution in [2.45, 2.75) is 39.7 Å². The zero-order valence-corrected chi connectivity index (χ0v) is 11.6. The Bertz CT molecular complexity index is 369. The summed E-state index contributed by atoms with van der Waals surface area (Å²) >= 11 is 0. The molecule has 0 spiro atoms. The average Bonchev–Trinajstić information content (AvgIpc) is 2.40. The van der Waals surface area contributed by atoms with E-state index in [0.29, 0.717) is 6.54 Å². The maximum atomic E-state index is 11.9. The number of rotatable bonds is 6. The van der Waals surface area contributed by atoms with Gasteiger partial charge in [-0.2, -0.15) is 0 Å². The molecule has 1 amide bonds. The largest absolute Gasteiger partial charge is 0.349 e. The van der Waals surface area contributed by atoms with Crippen molar-refractivity contribution >= 4 is 5.91 Å². The molecule has 3 heteroatoms. The molecule has 1 aromatic rings. The molecule has 0 saturated carbocycles. The van der Waals surface area contributed by atoms with Gasteiger partial charge in [0.2, 0.25) is 5.91 Å². The Kier molecular flexibility index (Phi) is 5.86. The van der Waals surface area contributed by atoms with Gasteiger partial charge in [-0.3, -0.25) is 4.79 Å². The number of nitrogens with one attached hydrogen (secondary N) is 1. The Morgan fingerprint density at radius 3 is 2.33 bits per heavy atom. The van der Waals surface area contributed by atoms with E-state index in [1.54, 1.807) is 0 Å². The maximum absolute atomic E-state index is 11.9. The van der Waals surface area contributed by atoms with Crippen LogP contribution in [0.15, 0.2) is 24.3 Å². The monoisotopic (exact) mass is 248 g/mol. The molecule has 3 nitrogen and oxygen atoms in total. The summed E-state index contributed by atoms with van der Waals surface area (Å²) in [4.78, 5) is 11.9. The van der Waals surface area contributed by atoms with Crippen LogP contribution in [0.4, 0.5) is 0 Å². The Labute approximate surface area is 110 Å². The molecule has 0 aliphatic carbocycles. The molecule has 1 aromatic carbocycles. The summed E-state index contributed by atoms with van der Waals surface area (Å²) in [5.74, 6) is -0.0329. The Hall–Kier alpha value is -1.35. The summed E-state index contributed by atoms with van der Waals surface area (Å²) in [6.45, 7) is 6.52. The molecule has 2 unspecified atom stereocenters. The van der Waals surface area contributed by atoms with Crippen LogP contribution in [0.3, 0.4) is 0 Å². The third-order valence-corrected chi connectivity index (χ3v) is 3.39. The van der Waals surface area contributed by atoms with Crippen LogP contribution < -0.4 is 11.1 Å². The molecule has 0 aliphatic rings. The molecule has 3 N–H and O–H groups in total. The lowest BCUT2D eigenvalue weighted by molar-refractivity contribution is -0.125. The minimum Gasteiger partial charge on any atom is -0.349 e. The SMILES string of the molecule is CCc1ccc(C(C)NC(=O)C(CC)CN)cc1. The highest BCUT2D eigenvalue weighted by atomic mass is 16.1. The predicted molar refractivity (Wildman–Crippen MR) is 75.2 cm³/mol. The molecule has 18 heavy (non-hydrogen) atoms. The van der Waals surface area contributed by atoms with Crippen LogP contribution in [0.25, 0.3) is 0 Å². The van der Waals surface area contributed by atoms with Gasteiger partial charge in [0.05, 0.1) is 6.04 Å². The zero-order chi connectivity index (χ0) is 13.5. The van der Waals surface area contributed by atoms with E-state index >= 15 is 0 Å². The Balaban J connectivity index is 2.63. The van der Waals surface area contributed by atoms with E-state index in [9.17, 15) is 4.79 Å². The van der Waals surface area contributed by atoms with Crippen molar-refractivity contribution in [3.8, 4) is 0 Å². The first kappa shape index (κ1) is 14.7. The van der Waals surface area contributed by atoms with Crippen LogP contribution in [-0.2, 0) is 11.2 Å². The molecule has 1 rings (SSSR count). The molecule has 0 fully saturated rings. The van der Waals surface area contributed by atoms with Crippen LogP contribution in [-0.4, -0.2) is 12.5 Å². The molecule has 0 aliphatic heterocycles. The van der Waals surface area contributed by atoms with Gasteiger partial charge in [0, 0.05) is 12.5 Å². The summed E-state index contributed by atoms with van der Waals surface area (Å²) in [5.41, 5.74) is 8.02. The van der Waals surface area contributed by atoms with E-state index in [0.717, 1.165) is 18.4 Å². The van der Waals surface area contributed by atoms with E-state index in [-0.39, 0.29) is 17.9 Å². The lowest BCUT2D eigenvalue weighted by Crippen LogP contribution is -2.36. The molecule has 0 bridgehead atoms. The van der Waals surface area contributed by atoms with Crippen molar-refractivity contribution in [1.82, 2.24) is 5.32 Å². The van der Waals surface area contributed by atoms with E-state index < -0.39 is 0 Å². The number of hydrogen-bond donors (Lipinski definition) is 2. The van der Waals surface area contributed by atoms with Crippen molar-refractivity contribution < 1.29 is 4.79 Å². The van der Waals surface area contributed by atoms with Crippen LogP contribution in [0.1, 0.15) is 44.4 Å². The van der Waals surface area contributed by atoms with Crippen LogP contribution in [0, 0.1) is 5.92 Å². The highest BCUT2D eigenvalue weighted by Gasteiger charge is 2.17. The van der Waals surface area contributed by atoms with Crippen LogP contribution in [0.5, 0.6) is 0 Å². The fourth-order valence-corrected chi connectivity index (χ4v) is 1.92. The molecule has 0 saturated heterocycles. The number of amides is 1. The smallest absolute Gasteiger partial charge is 0.224 e. The van der Waals surface area contributed by atoms with Gasteiger partial charge in [0.1, 0.15) is 0 Å². The van der Waals surface area contributed by atoms with Crippen molar-refractivity contribution in [1.29, 1.82) is 0 Å². The molecular formula is C15H24N2O. The van der Waals surface area contributed by atoms with Crippen molar-refractivity contribution in [2.24, 2.45) is 11.7 Å². The van der Waals surface area contributed by atoms with E-state index in [1.807, 2.05) is 13.8 Å². The second kappa shape index (κ2) is 7.17. The van der Waals surface area contributed by atoms with Gasteiger partial charge in [-0.1, -0.05) is 38.1 Å². The minimum absolute atomic E-state index is 0.0315. The van der Waals surface area contributed by atoms with Crippen molar-refractivity contribution in [3.05, 3.63) is 35.4 Å². The van der Waals surface area contributed by atoms with Gasteiger partial charge in [0.25, 0.3) is 0 Å². The summed E-state index contributed by atoms with van der Waals surface area (Å²) in [6, 6.07) is 8.40. The van der Waals surface area contributed by atoms with E-state index in [1.165, 1.54) is 5.56 Å². The zero-order valence-electron chi connectivity index (χ0n) is 11.6. The number of benzene rings is 1. The van der Waals surface area contributed by atoms with Gasteiger partial charge < -0.3 is 11.1 Å².